The lowest BCUT2D eigenvalue weighted by atomic mass is 9.78. The maximum absolute atomic E-state index is 14.7. The fourth-order valence-electron chi connectivity index (χ4n) is 7.56. The number of amides is 1. The van der Waals surface area contributed by atoms with Crippen molar-refractivity contribution in [2.45, 2.75) is 48.6 Å². The van der Waals surface area contributed by atoms with Crippen molar-refractivity contribution in [3.8, 4) is 6.07 Å². The van der Waals surface area contributed by atoms with E-state index < -0.39 is 62.2 Å². The number of anilines is 3. The van der Waals surface area contributed by atoms with Gasteiger partial charge in [0.1, 0.15) is 30.2 Å². The second-order valence-electron chi connectivity index (χ2n) is 15.2. The molecule has 0 fully saturated rings. The zero-order valence-corrected chi connectivity index (χ0v) is 34.0. The van der Waals surface area contributed by atoms with Gasteiger partial charge in [-0.1, -0.05) is 29.5 Å². The topological polar surface area (TPSA) is 222 Å². The molecule has 1 amide bonds. The van der Waals surface area contributed by atoms with Crippen LogP contribution in [0.2, 0.25) is 0 Å². The number of carbonyl (C=O) groups excluding carboxylic acids is 2. The van der Waals surface area contributed by atoms with Gasteiger partial charge in [-0.2, -0.15) is 23.5 Å². The van der Waals surface area contributed by atoms with Crippen LogP contribution in [0.15, 0.2) is 101 Å². The number of ketones is 1. The van der Waals surface area contributed by atoms with Gasteiger partial charge in [-0.15, -0.1) is 5.10 Å². The summed E-state index contributed by atoms with van der Waals surface area (Å²) in [5, 5.41) is 41.2. The highest BCUT2D eigenvalue weighted by Gasteiger charge is 2.42. The zero-order chi connectivity index (χ0) is 44.8. The molecule has 0 spiro atoms. The Morgan fingerprint density at radius 2 is 1.78 bits per heavy atom. The molecule has 4 N–H and O–H groups in total. The SMILES string of the molecule is Cn1ncnc1[C@H]1C2=NCC(=O)c3cc(F)cc(c32)N[C@@H]1c1ccc(Cn2cc(CNc3ccc(S(=O)(=O)CC(C)(O)C(=O)Nc4ccc(C#N)c(C(F)(F)F)c4)cc3)nn2)cc1. The number of nitrogens with one attached hydrogen (secondary N) is 3. The summed E-state index contributed by atoms with van der Waals surface area (Å²) in [4.78, 5) is 34.5. The number of hydrogen-bond acceptors (Lipinski definition) is 13. The Bertz CT molecular complexity index is 2960. The first kappa shape index (κ1) is 42.4. The Hall–Kier alpha value is -7.31. The molecule has 0 aliphatic carbocycles. The van der Waals surface area contributed by atoms with E-state index >= 15 is 0 Å². The van der Waals surface area contributed by atoms with E-state index in [1.807, 2.05) is 24.3 Å². The zero-order valence-electron chi connectivity index (χ0n) is 33.2. The molecule has 0 bridgehead atoms. The Morgan fingerprint density at radius 3 is 2.46 bits per heavy atom. The Kier molecular flexibility index (Phi) is 10.9. The van der Waals surface area contributed by atoms with Crippen LogP contribution in [0.3, 0.4) is 0 Å². The predicted octanol–water partition coefficient (Wildman–Crippen LogP) is 5.20. The summed E-state index contributed by atoms with van der Waals surface area (Å²) in [6, 6.07) is 19.3. The van der Waals surface area contributed by atoms with Crippen LogP contribution in [0.1, 0.15) is 68.6 Å². The Labute approximate surface area is 356 Å². The number of aliphatic hydroxyl groups is 1. The van der Waals surface area contributed by atoms with E-state index in [1.165, 1.54) is 48.8 Å². The standard InChI is InChI=1S/C42H35F4N11O5S/c1-41(60,40(59)52-28-8-7-25(16-47)32(15-28)42(44,45)46)21-63(61,62)30-11-9-27(10-12-30)48-17-29-20-57(55-54-29)19-23-3-5-24(6-4-23)37-36(39-50-22-51-56(39)2)38-35-31(34(58)18-49-38)13-26(43)14-33(35)53-37/h3-15,20,22,36-37,48,53,60H,17-19,21H2,1-2H3,(H,52,59)/t36-,37-,41?/m1/s1. The monoisotopic (exact) mass is 881 g/mol. The first-order chi connectivity index (χ1) is 29.9. The summed E-state index contributed by atoms with van der Waals surface area (Å²) in [7, 11) is -2.50. The molecule has 21 heteroatoms. The molecule has 4 heterocycles. The van der Waals surface area contributed by atoms with Crippen LogP contribution in [0, 0.1) is 17.1 Å². The minimum absolute atomic E-state index is 0.0969. The largest absolute Gasteiger partial charge is 0.417 e. The number of hydrogen-bond donors (Lipinski definition) is 4. The number of benzene rings is 4. The fourth-order valence-corrected chi connectivity index (χ4v) is 9.15. The molecule has 1 unspecified atom stereocenters. The van der Waals surface area contributed by atoms with Gasteiger partial charge in [0.25, 0.3) is 5.91 Å². The van der Waals surface area contributed by atoms with E-state index in [0.29, 0.717) is 46.8 Å². The Morgan fingerprint density at radius 1 is 1.05 bits per heavy atom. The molecule has 8 rings (SSSR count). The van der Waals surface area contributed by atoms with E-state index in [1.54, 1.807) is 22.6 Å². The van der Waals surface area contributed by atoms with E-state index in [2.05, 4.69) is 41.3 Å². The molecule has 16 nitrogen and oxygen atoms in total. The number of rotatable bonds is 12. The number of sulfone groups is 1. The van der Waals surface area contributed by atoms with Crippen molar-refractivity contribution >= 4 is 44.3 Å². The maximum Gasteiger partial charge on any atom is 0.417 e. The average molecular weight is 882 g/mol. The molecular formula is C42H35F4N11O5S. The molecule has 0 saturated heterocycles. The van der Waals surface area contributed by atoms with Crippen LogP contribution < -0.4 is 16.0 Å². The lowest BCUT2D eigenvalue weighted by Gasteiger charge is -2.37. The maximum atomic E-state index is 14.7. The van der Waals surface area contributed by atoms with Gasteiger partial charge in [-0.3, -0.25) is 19.3 Å². The number of alkyl halides is 3. The highest BCUT2D eigenvalue weighted by atomic mass is 32.2. The number of aromatic nitrogens is 6. The van der Waals surface area contributed by atoms with Crippen LogP contribution in [0.5, 0.6) is 0 Å². The smallest absolute Gasteiger partial charge is 0.379 e. The summed E-state index contributed by atoms with van der Waals surface area (Å²) in [6.07, 6.45) is -1.70. The number of halogens is 4. The molecule has 4 aromatic carbocycles. The van der Waals surface area contributed by atoms with Gasteiger partial charge in [-0.25, -0.2) is 22.5 Å². The number of aryl methyl sites for hydroxylation is 1. The van der Waals surface area contributed by atoms with Crippen LogP contribution in [-0.4, -0.2) is 78.6 Å². The fraction of sp³-hybridized carbons (Fsp3) is 0.238. The van der Waals surface area contributed by atoms with Gasteiger partial charge in [0, 0.05) is 35.2 Å². The third-order valence-electron chi connectivity index (χ3n) is 10.6. The van der Waals surface area contributed by atoms with E-state index in [4.69, 9.17) is 5.26 Å². The molecule has 2 aromatic heterocycles. The van der Waals surface area contributed by atoms with Crippen molar-refractivity contribution in [3.63, 3.8) is 0 Å². The number of nitriles is 1. The molecular weight excluding hydrogens is 847 g/mol. The second-order valence-corrected chi connectivity index (χ2v) is 17.2. The van der Waals surface area contributed by atoms with Gasteiger partial charge in [0.15, 0.2) is 21.2 Å². The van der Waals surface area contributed by atoms with Crippen LogP contribution >= 0.6 is 0 Å². The molecule has 322 valence electrons. The van der Waals surface area contributed by atoms with E-state index in [0.717, 1.165) is 30.2 Å². The third-order valence-corrected chi connectivity index (χ3v) is 12.6. The van der Waals surface area contributed by atoms with Crippen LogP contribution in [0.4, 0.5) is 34.6 Å². The predicted molar refractivity (Wildman–Crippen MR) is 219 cm³/mol. The molecule has 63 heavy (non-hydrogen) atoms. The molecule has 6 aromatic rings. The molecule has 0 radical (unpaired) electrons. The highest BCUT2D eigenvalue weighted by molar-refractivity contribution is 7.91. The normalized spacial score (nSPS) is 16.9. The van der Waals surface area contributed by atoms with Gasteiger partial charge in [-0.05, 0) is 72.6 Å². The van der Waals surface area contributed by atoms with Crippen molar-refractivity contribution in [2.24, 2.45) is 12.0 Å². The lowest BCUT2D eigenvalue weighted by molar-refractivity contribution is -0.137. The minimum atomic E-state index is -4.89. The molecule has 3 atom stereocenters. The number of carbonyl (C=O) groups is 2. The third kappa shape index (κ3) is 8.62. The van der Waals surface area contributed by atoms with Crippen molar-refractivity contribution < 1.29 is 40.7 Å². The first-order valence-corrected chi connectivity index (χ1v) is 20.8. The average Bonchev–Trinajstić information content (AvgIpc) is 3.88. The van der Waals surface area contributed by atoms with E-state index in [9.17, 15) is 40.7 Å². The number of aliphatic imine (C=N–C) groups is 1. The van der Waals surface area contributed by atoms with E-state index in [-0.39, 0.29) is 35.0 Å². The minimum Gasteiger partial charge on any atom is -0.379 e. The first-order valence-electron chi connectivity index (χ1n) is 19.1. The van der Waals surface area contributed by atoms with Crippen molar-refractivity contribution in [1.29, 1.82) is 5.26 Å². The molecule has 0 saturated carbocycles. The summed E-state index contributed by atoms with van der Waals surface area (Å²) >= 11 is 0. The summed E-state index contributed by atoms with van der Waals surface area (Å²) < 4.78 is 84.5. The van der Waals surface area contributed by atoms with Gasteiger partial charge < -0.3 is 21.1 Å². The summed E-state index contributed by atoms with van der Waals surface area (Å²) in [5.41, 5.74) is -0.0705. The summed E-state index contributed by atoms with van der Waals surface area (Å²) in [5.74, 6) is -2.94. The number of nitrogens with zero attached hydrogens (tertiary/aromatic N) is 8. The van der Waals surface area contributed by atoms with Crippen molar-refractivity contribution in [2.75, 3.05) is 28.2 Å². The van der Waals surface area contributed by atoms with Gasteiger partial charge >= 0.3 is 6.18 Å². The lowest BCUT2D eigenvalue weighted by Crippen LogP contribution is -2.45. The molecule has 2 aliphatic heterocycles. The quantitative estimate of drug-likeness (QED) is 0.117. The Balaban J connectivity index is 0.888. The highest BCUT2D eigenvalue weighted by Crippen LogP contribution is 2.45. The van der Waals surface area contributed by atoms with Gasteiger partial charge in [0.05, 0.1) is 64.8 Å². The van der Waals surface area contributed by atoms with Crippen LogP contribution in [-0.2, 0) is 40.9 Å². The second kappa shape index (κ2) is 16.2. The van der Waals surface area contributed by atoms with Crippen LogP contribution in [0.25, 0.3) is 0 Å². The number of Topliss-reactive ketones (excluding diaryl/α,β-unsaturated/α-hetero) is 1. The van der Waals surface area contributed by atoms with Crippen molar-refractivity contribution in [3.05, 3.63) is 142 Å². The van der Waals surface area contributed by atoms with Gasteiger partial charge in [0.2, 0.25) is 0 Å². The van der Waals surface area contributed by atoms with Crippen molar-refractivity contribution in [1.82, 2.24) is 29.8 Å². The summed E-state index contributed by atoms with van der Waals surface area (Å²) in [6.45, 7) is 1.43. The molecule has 2 aliphatic rings.